The molecular weight excluding hydrogens is 380 g/mol. The summed E-state index contributed by atoms with van der Waals surface area (Å²) in [6, 6.07) is 6.29. The predicted octanol–water partition coefficient (Wildman–Crippen LogP) is 2.61. The average molecular weight is 396 g/mol. The van der Waals surface area contributed by atoms with E-state index in [1.807, 2.05) is 6.92 Å². The average Bonchev–Trinajstić information content (AvgIpc) is 2.65. The van der Waals surface area contributed by atoms with E-state index in [0.717, 1.165) is 5.56 Å². The molecule has 1 aromatic carbocycles. The summed E-state index contributed by atoms with van der Waals surface area (Å²) in [7, 11) is -3.95. The van der Waals surface area contributed by atoms with Crippen LogP contribution in [-0.4, -0.2) is 31.4 Å². The van der Waals surface area contributed by atoms with Gasteiger partial charge < -0.3 is 4.84 Å². The number of ketones is 2. The van der Waals surface area contributed by atoms with Crippen LogP contribution in [0.25, 0.3) is 0 Å². The van der Waals surface area contributed by atoms with E-state index in [1.165, 1.54) is 55.5 Å². The number of hydrogen-bond acceptors (Lipinski definition) is 6. The number of nitrogens with zero attached hydrogens (tertiary/aromatic N) is 2. The number of aryl methyl sites for hydroxylation is 1. The van der Waals surface area contributed by atoms with E-state index < -0.39 is 15.8 Å². The van der Waals surface area contributed by atoms with Gasteiger partial charge in [-0.25, -0.2) is 0 Å². The Hall–Kier alpha value is -3.39. The van der Waals surface area contributed by atoms with Gasteiger partial charge in [0.1, 0.15) is 5.71 Å². The molecule has 0 heterocycles. The van der Waals surface area contributed by atoms with Crippen molar-refractivity contribution in [3.8, 4) is 0 Å². The summed E-state index contributed by atoms with van der Waals surface area (Å²) >= 11 is 0. The first-order valence-electron chi connectivity index (χ1n) is 8.26. The Balaban J connectivity index is 1.89. The summed E-state index contributed by atoms with van der Waals surface area (Å²) in [5.41, 5.74) is 1.58. The molecule has 8 heteroatoms. The molecule has 0 spiro atoms. The van der Waals surface area contributed by atoms with Crippen LogP contribution in [0, 0.1) is 6.92 Å². The number of Topliss-reactive ketones (excluding diaryl/α,β-unsaturated/α-hetero) is 1. The van der Waals surface area contributed by atoms with Gasteiger partial charge in [-0.1, -0.05) is 22.9 Å². The first-order valence-corrected chi connectivity index (χ1v) is 9.70. The second-order valence-electron chi connectivity index (χ2n) is 6.15. The molecule has 0 amide bonds. The molecule has 1 aromatic rings. The summed E-state index contributed by atoms with van der Waals surface area (Å²) in [5, 5.41) is 3.79. The van der Waals surface area contributed by atoms with E-state index >= 15 is 0 Å². The number of hydrogen-bond donors (Lipinski definition) is 0. The summed E-state index contributed by atoms with van der Waals surface area (Å²) in [4.78, 5) is 28.6. The summed E-state index contributed by atoms with van der Waals surface area (Å²) in [6.45, 7) is 3.38. The summed E-state index contributed by atoms with van der Waals surface area (Å²) in [6.07, 6.45) is 8.09. The van der Waals surface area contributed by atoms with Crippen LogP contribution in [-0.2, 0) is 24.4 Å². The number of benzene rings is 1. The maximum atomic E-state index is 12.5. The SMILES string of the molecule is CC1=CC(=NS(=O)(=O)c2ccc(C)cc2)C=C(ON=C2C=CC(=O)C=C2)C1=O. The first-order chi connectivity index (χ1) is 13.2. The zero-order valence-corrected chi connectivity index (χ0v) is 15.9. The van der Waals surface area contributed by atoms with Gasteiger partial charge in [0.15, 0.2) is 5.78 Å². The molecule has 0 radical (unpaired) electrons. The molecule has 0 saturated heterocycles. The Morgan fingerprint density at radius 3 is 2.14 bits per heavy atom. The van der Waals surface area contributed by atoms with Crippen LogP contribution in [0.2, 0.25) is 0 Å². The molecule has 2 aliphatic rings. The van der Waals surface area contributed by atoms with Crippen molar-refractivity contribution >= 4 is 33.0 Å². The highest BCUT2D eigenvalue weighted by Crippen LogP contribution is 2.19. The van der Waals surface area contributed by atoms with Crippen molar-refractivity contribution in [1.82, 2.24) is 0 Å². The number of rotatable bonds is 4. The van der Waals surface area contributed by atoms with Gasteiger partial charge in [-0.15, -0.1) is 0 Å². The number of carbonyl (C=O) groups is 2. The topological polar surface area (TPSA) is 102 Å². The molecule has 3 rings (SSSR count). The molecule has 0 fully saturated rings. The predicted molar refractivity (Wildman–Crippen MR) is 104 cm³/mol. The van der Waals surface area contributed by atoms with E-state index in [1.54, 1.807) is 12.1 Å². The third-order valence-electron chi connectivity index (χ3n) is 3.86. The molecule has 0 aromatic heterocycles. The van der Waals surface area contributed by atoms with E-state index in [-0.39, 0.29) is 27.7 Å². The van der Waals surface area contributed by atoms with Gasteiger partial charge >= 0.3 is 0 Å². The van der Waals surface area contributed by atoms with Gasteiger partial charge in [0, 0.05) is 11.6 Å². The monoisotopic (exact) mass is 396 g/mol. The van der Waals surface area contributed by atoms with Crippen LogP contribution in [0.1, 0.15) is 12.5 Å². The second-order valence-corrected chi connectivity index (χ2v) is 7.75. The second kappa shape index (κ2) is 7.69. The smallest absolute Gasteiger partial charge is 0.282 e. The first kappa shape index (κ1) is 19.4. The van der Waals surface area contributed by atoms with Crippen LogP contribution < -0.4 is 0 Å². The van der Waals surface area contributed by atoms with E-state index in [0.29, 0.717) is 5.71 Å². The third-order valence-corrected chi connectivity index (χ3v) is 5.17. The van der Waals surface area contributed by atoms with E-state index in [4.69, 9.17) is 4.84 Å². The molecule has 0 N–H and O–H groups in total. The van der Waals surface area contributed by atoms with Gasteiger partial charge in [-0.2, -0.15) is 12.8 Å². The fraction of sp³-hybridized carbons (Fsp3) is 0.100. The number of oxime groups is 1. The van der Waals surface area contributed by atoms with Crippen LogP contribution in [0.4, 0.5) is 0 Å². The van der Waals surface area contributed by atoms with Crippen molar-refractivity contribution in [1.29, 1.82) is 0 Å². The van der Waals surface area contributed by atoms with Crippen LogP contribution >= 0.6 is 0 Å². The van der Waals surface area contributed by atoms with Crippen LogP contribution in [0.5, 0.6) is 0 Å². The fourth-order valence-electron chi connectivity index (χ4n) is 2.35. The third kappa shape index (κ3) is 4.47. The lowest BCUT2D eigenvalue weighted by atomic mass is 10.0. The van der Waals surface area contributed by atoms with Crippen LogP contribution in [0.15, 0.2) is 86.5 Å². The number of sulfonamides is 1. The Kier molecular flexibility index (Phi) is 5.32. The maximum absolute atomic E-state index is 12.5. The fourth-order valence-corrected chi connectivity index (χ4v) is 3.32. The Labute approximate surface area is 162 Å². The molecule has 0 unspecified atom stereocenters. The molecular formula is C20H16N2O5S. The zero-order valence-electron chi connectivity index (χ0n) is 15.1. The highest BCUT2D eigenvalue weighted by atomic mass is 32.2. The minimum absolute atomic E-state index is 0.0480. The lowest BCUT2D eigenvalue weighted by Crippen LogP contribution is -2.15. The maximum Gasteiger partial charge on any atom is 0.282 e. The lowest BCUT2D eigenvalue weighted by molar-refractivity contribution is -0.115. The van der Waals surface area contributed by atoms with Crippen molar-refractivity contribution in [2.24, 2.45) is 9.55 Å². The normalized spacial score (nSPS) is 18.2. The Morgan fingerprint density at radius 2 is 1.50 bits per heavy atom. The number of carbonyl (C=O) groups excluding carboxylic acids is 2. The van der Waals surface area contributed by atoms with E-state index in [9.17, 15) is 18.0 Å². The molecule has 2 aliphatic carbocycles. The van der Waals surface area contributed by atoms with Gasteiger partial charge in [-0.3, -0.25) is 9.59 Å². The van der Waals surface area contributed by atoms with Gasteiger partial charge in [0.25, 0.3) is 10.0 Å². The minimum Gasteiger partial charge on any atom is -0.352 e. The van der Waals surface area contributed by atoms with Crippen molar-refractivity contribution in [2.75, 3.05) is 0 Å². The molecule has 0 atom stereocenters. The largest absolute Gasteiger partial charge is 0.352 e. The standard InChI is InChI=1S/C20H16N2O5S/c1-13-3-9-18(10-4-13)28(25,26)22-16-11-14(2)20(24)19(12-16)27-21-15-5-7-17(23)8-6-15/h3-12H,1-2H3. The van der Waals surface area contributed by atoms with Gasteiger partial charge in [0.05, 0.1) is 10.6 Å². The summed E-state index contributed by atoms with van der Waals surface area (Å²) in [5.74, 6) is -0.777. The highest BCUT2D eigenvalue weighted by Gasteiger charge is 2.22. The molecule has 142 valence electrons. The quantitative estimate of drug-likeness (QED) is 0.575. The molecule has 0 saturated carbocycles. The van der Waals surface area contributed by atoms with Crippen molar-refractivity contribution in [3.05, 3.63) is 77.6 Å². The Bertz CT molecular complexity index is 1110. The highest BCUT2D eigenvalue weighted by molar-refractivity contribution is 7.90. The molecule has 0 aliphatic heterocycles. The zero-order chi connectivity index (χ0) is 20.3. The lowest BCUT2D eigenvalue weighted by Gasteiger charge is -2.11. The Morgan fingerprint density at radius 1 is 0.857 bits per heavy atom. The summed E-state index contributed by atoms with van der Waals surface area (Å²) < 4.78 is 28.8. The minimum atomic E-state index is -3.95. The molecule has 28 heavy (non-hydrogen) atoms. The van der Waals surface area contributed by atoms with Crippen molar-refractivity contribution in [3.63, 3.8) is 0 Å². The van der Waals surface area contributed by atoms with Gasteiger partial charge in [-0.05, 0) is 56.4 Å². The van der Waals surface area contributed by atoms with Crippen LogP contribution in [0.3, 0.4) is 0 Å². The van der Waals surface area contributed by atoms with Crippen molar-refractivity contribution < 1.29 is 22.8 Å². The van der Waals surface area contributed by atoms with E-state index in [2.05, 4.69) is 9.55 Å². The number of allylic oxidation sites excluding steroid dienone is 7. The van der Waals surface area contributed by atoms with Gasteiger partial charge in [0.2, 0.25) is 11.5 Å². The molecule has 0 bridgehead atoms. The van der Waals surface area contributed by atoms with Crippen molar-refractivity contribution in [2.45, 2.75) is 18.7 Å². The molecule has 7 nitrogen and oxygen atoms in total.